The molecule has 0 aliphatic carbocycles. The number of aryl methyl sites for hydroxylation is 1. The standard InChI is InChI=1S/C14H15N5OS2/c1-7-12(22-13(16)17-7)10-6-21-14(19-10)18-9-5-8(15)3-4-11(9)20-2/h3-6H,15H2,1-2H3,(H2,16,17)(H,18,19). The van der Waals surface area contributed by atoms with Crippen LogP contribution in [0.15, 0.2) is 23.6 Å². The van der Waals surface area contributed by atoms with E-state index < -0.39 is 0 Å². The van der Waals surface area contributed by atoms with Gasteiger partial charge in [-0.2, -0.15) is 0 Å². The zero-order valence-corrected chi connectivity index (χ0v) is 13.7. The summed E-state index contributed by atoms with van der Waals surface area (Å²) in [6.45, 7) is 1.93. The lowest BCUT2D eigenvalue weighted by molar-refractivity contribution is 0.417. The molecule has 0 saturated heterocycles. The van der Waals surface area contributed by atoms with Crippen LogP contribution in [0.3, 0.4) is 0 Å². The van der Waals surface area contributed by atoms with E-state index in [-0.39, 0.29) is 0 Å². The molecule has 22 heavy (non-hydrogen) atoms. The van der Waals surface area contributed by atoms with Gasteiger partial charge in [0.15, 0.2) is 10.3 Å². The van der Waals surface area contributed by atoms with Crippen LogP contribution >= 0.6 is 22.7 Å². The fourth-order valence-electron chi connectivity index (χ4n) is 2.03. The summed E-state index contributed by atoms with van der Waals surface area (Å²) in [5.41, 5.74) is 14.8. The lowest BCUT2D eigenvalue weighted by Crippen LogP contribution is -1.96. The number of nitrogen functional groups attached to an aromatic ring is 2. The maximum absolute atomic E-state index is 5.82. The summed E-state index contributed by atoms with van der Waals surface area (Å²) < 4.78 is 5.32. The topological polar surface area (TPSA) is 99.1 Å². The van der Waals surface area contributed by atoms with Crippen molar-refractivity contribution in [2.45, 2.75) is 6.92 Å². The molecule has 0 spiro atoms. The number of hydrogen-bond donors (Lipinski definition) is 3. The Morgan fingerprint density at radius 3 is 2.73 bits per heavy atom. The van der Waals surface area contributed by atoms with E-state index >= 15 is 0 Å². The van der Waals surface area contributed by atoms with Gasteiger partial charge in [0, 0.05) is 11.1 Å². The molecule has 0 fully saturated rings. The van der Waals surface area contributed by atoms with Crippen molar-refractivity contribution in [3.8, 4) is 16.3 Å². The van der Waals surface area contributed by atoms with Gasteiger partial charge >= 0.3 is 0 Å². The number of nitrogens with zero attached hydrogens (tertiary/aromatic N) is 2. The number of benzene rings is 1. The van der Waals surface area contributed by atoms with Crippen molar-refractivity contribution in [2.75, 3.05) is 23.9 Å². The normalized spacial score (nSPS) is 10.6. The second-order valence-corrected chi connectivity index (χ2v) is 6.48. The zero-order valence-electron chi connectivity index (χ0n) is 12.1. The molecule has 0 atom stereocenters. The molecule has 114 valence electrons. The van der Waals surface area contributed by atoms with Crippen LogP contribution in [0.25, 0.3) is 10.6 Å². The highest BCUT2D eigenvalue weighted by Crippen LogP contribution is 2.35. The summed E-state index contributed by atoms with van der Waals surface area (Å²) in [7, 11) is 1.62. The molecule has 0 amide bonds. The molecule has 0 radical (unpaired) electrons. The monoisotopic (exact) mass is 333 g/mol. The van der Waals surface area contributed by atoms with Crippen molar-refractivity contribution < 1.29 is 4.74 Å². The van der Waals surface area contributed by atoms with E-state index in [1.54, 1.807) is 13.2 Å². The first-order chi connectivity index (χ1) is 10.6. The maximum Gasteiger partial charge on any atom is 0.187 e. The third-order valence-electron chi connectivity index (χ3n) is 3.02. The van der Waals surface area contributed by atoms with Crippen LogP contribution in [-0.2, 0) is 0 Å². The summed E-state index contributed by atoms with van der Waals surface area (Å²) in [5, 5.41) is 6.51. The van der Waals surface area contributed by atoms with Crippen molar-refractivity contribution in [1.29, 1.82) is 0 Å². The molecule has 2 aromatic heterocycles. The number of rotatable bonds is 4. The summed E-state index contributed by atoms with van der Waals surface area (Å²) in [6.07, 6.45) is 0. The SMILES string of the molecule is COc1ccc(N)cc1Nc1nc(-c2sc(N)nc2C)cs1. The zero-order chi connectivity index (χ0) is 15.7. The minimum absolute atomic E-state index is 0.549. The minimum Gasteiger partial charge on any atom is -0.495 e. The van der Waals surface area contributed by atoms with E-state index in [0.29, 0.717) is 16.6 Å². The van der Waals surface area contributed by atoms with Gasteiger partial charge in [-0.1, -0.05) is 11.3 Å². The summed E-state index contributed by atoms with van der Waals surface area (Å²) in [4.78, 5) is 9.79. The molecule has 0 aliphatic heterocycles. The molecule has 0 unspecified atom stereocenters. The van der Waals surface area contributed by atoms with Gasteiger partial charge in [0.25, 0.3) is 0 Å². The number of hydrogen-bond acceptors (Lipinski definition) is 8. The highest BCUT2D eigenvalue weighted by Gasteiger charge is 2.13. The summed E-state index contributed by atoms with van der Waals surface area (Å²) >= 11 is 2.94. The van der Waals surface area contributed by atoms with Crippen LogP contribution in [0, 0.1) is 6.92 Å². The second kappa shape index (κ2) is 5.82. The Hall–Kier alpha value is -2.32. The number of nitrogens with one attached hydrogen (secondary N) is 1. The number of thiazole rings is 2. The third kappa shape index (κ3) is 2.83. The van der Waals surface area contributed by atoms with E-state index in [9.17, 15) is 0 Å². The van der Waals surface area contributed by atoms with Gasteiger partial charge in [0.05, 0.1) is 29.1 Å². The molecular weight excluding hydrogens is 318 g/mol. The van der Waals surface area contributed by atoms with Crippen molar-refractivity contribution >= 4 is 44.3 Å². The number of ether oxygens (including phenoxy) is 1. The molecule has 0 bridgehead atoms. The Labute approximate surface area is 135 Å². The fourth-order valence-corrected chi connectivity index (χ4v) is 3.61. The predicted octanol–water partition coefficient (Wildman–Crippen LogP) is 3.49. The molecule has 3 aromatic rings. The molecule has 0 aliphatic rings. The van der Waals surface area contributed by atoms with Gasteiger partial charge in [-0.05, 0) is 25.1 Å². The quantitative estimate of drug-likeness (QED) is 0.632. The Morgan fingerprint density at radius 2 is 2.05 bits per heavy atom. The number of anilines is 4. The molecule has 3 rings (SSSR count). The first kappa shape index (κ1) is 14.6. The molecule has 0 saturated carbocycles. The first-order valence-electron chi connectivity index (χ1n) is 6.46. The highest BCUT2D eigenvalue weighted by atomic mass is 32.1. The lowest BCUT2D eigenvalue weighted by Gasteiger charge is -2.09. The van der Waals surface area contributed by atoms with E-state index in [1.165, 1.54) is 22.7 Å². The van der Waals surface area contributed by atoms with Gasteiger partial charge in [0.1, 0.15) is 5.75 Å². The Bertz CT molecular complexity index is 811. The average Bonchev–Trinajstić information content (AvgIpc) is 3.05. The largest absolute Gasteiger partial charge is 0.495 e. The van der Waals surface area contributed by atoms with Crippen LogP contribution in [0.2, 0.25) is 0 Å². The lowest BCUT2D eigenvalue weighted by atomic mass is 10.2. The molecule has 2 heterocycles. The van der Waals surface area contributed by atoms with Crippen LogP contribution in [-0.4, -0.2) is 17.1 Å². The summed E-state index contributed by atoms with van der Waals surface area (Å²) in [6, 6.07) is 5.43. The molecule has 5 N–H and O–H groups in total. The Morgan fingerprint density at radius 1 is 1.23 bits per heavy atom. The molecule has 6 nitrogen and oxygen atoms in total. The molecular formula is C14H15N5OS2. The molecule has 1 aromatic carbocycles. The van der Waals surface area contributed by atoms with Crippen molar-refractivity contribution in [2.24, 2.45) is 0 Å². The second-order valence-electron chi connectivity index (χ2n) is 4.59. The fraction of sp³-hybridized carbons (Fsp3) is 0.143. The van der Waals surface area contributed by atoms with E-state index in [2.05, 4.69) is 15.3 Å². The van der Waals surface area contributed by atoms with Gasteiger partial charge in [0.2, 0.25) is 0 Å². The van der Waals surface area contributed by atoms with Crippen LogP contribution in [0.5, 0.6) is 5.75 Å². The maximum atomic E-state index is 5.82. The van der Waals surface area contributed by atoms with Gasteiger partial charge in [-0.3, -0.25) is 0 Å². The van der Waals surface area contributed by atoms with Gasteiger partial charge in [-0.25, -0.2) is 9.97 Å². The van der Waals surface area contributed by atoms with Crippen LogP contribution in [0.1, 0.15) is 5.69 Å². The van der Waals surface area contributed by atoms with Gasteiger partial charge < -0.3 is 21.5 Å². The van der Waals surface area contributed by atoms with Crippen LogP contribution < -0.4 is 21.5 Å². The van der Waals surface area contributed by atoms with Crippen LogP contribution in [0.4, 0.5) is 21.6 Å². The van der Waals surface area contributed by atoms with E-state index in [0.717, 1.165) is 27.1 Å². The number of methoxy groups -OCH3 is 1. The number of nitrogens with two attached hydrogens (primary N) is 2. The van der Waals surface area contributed by atoms with E-state index in [4.69, 9.17) is 16.2 Å². The Kier molecular flexibility index (Phi) is 3.86. The van der Waals surface area contributed by atoms with Gasteiger partial charge in [-0.15, -0.1) is 11.3 Å². The smallest absolute Gasteiger partial charge is 0.187 e. The Balaban J connectivity index is 1.89. The van der Waals surface area contributed by atoms with E-state index in [1.807, 2.05) is 24.4 Å². The summed E-state index contributed by atoms with van der Waals surface area (Å²) in [5.74, 6) is 0.712. The average molecular weight is 333 g/mol. The third-order valence-corrected chi connectivity index (χ3v) is 4.78. The highest BCUT2D eigenvalue weighted by molar-refractivity contribution is 7.19. The van der Waals surface area contributed by atoms with Crippen molar-refractivity contribution in [1.82, 2.24) is 9.97 Å². The minimum atomic E-state index is 0.549. The predicted molar refractivity (Wildman–Crippen MR) is 93.1 cm³/mol. The van der Waals surface area contributed by atoms with Crippen molar-refractivity contribution in [3.05, 3.63) is 29.3 Å². The molecule has 8 heteroatoms. The number of aromatic nitrogens is 2. The van der Waals surface area contributed by atoms with Crippen molar-refractivity contribution in [3.63, 3.8) is 0 Å². The first-order valence-corrected chi connectivity index (χ1v) is 8.16.